The molecule has 1 aliphatic rings. The molecule has 1 saturated heterocycles. The van der Waals surface area contributed by atoms with Crippen LogP contribution < -0.4 is 4.90 Å². The second kappa shape index (κ2) is 11.3. The van der Waals surface area contributed by atoms with Crippen molar-refractivity contribution in [1.29, 1.82) is 0 Å². The van der Waals surface area contributed by atoms with Gasteiger partial charge < -0.3 is 9.80 Å². The molecule has 12 heteroatoms. The molecule has 3 heterocycles. The number of alkyl halides is 3. The van der Waals surface area contributed by atoms with Crippen LogP contribution in [-0.2, 0) is 33.2 Å². The Morgan fingerprint density at radius 3 is 2.38 bits per heavy atom. The number of amides is 1. The van der Waals surface area contributed by atoms with Crippen molar-refractivity contribution in [3.05, 3.63) is 52.7 Å². The van der Waals surface area contributed by atoms with Crippen LogP contribution in [0.15, 0.2) is 36.7 Å². The molecule has 1 amide bonds. The van der Waals surface area contributed by atoms with Crippen molar-refractivity contribution in [3.63, 3.8) is 0 Å². The number of halogens is 3. The van der Waals surface area contributed by atoms with Crippen molar-refractivity contribution in [2.24, 2.45) is 0 Å². The molecule has 3 aromatic rings. The fraction of sp³-hybridized carbons (Fsp3) is 0.480. The number of fused-ring (bicyclic) bond motifs is 1. The number of nitrogens with zero attached hydrogens (tertiary/aromatic N) is 4. The third-order valence-corrected chi connectivity index (χ3v) is 8.97. The van der Waals surface area contributed by atoms with Gasteiger partial charge in [-0.25, -0.2) is 18.4 Å². The molecule has 0 aliphatic carbocycles. The van der Waals surface area contributed by atoms with E-state index < -0.39 is 22.4 Å². The lowest BCUT2D eigenvalue weighted by Crippen LogP contribution is -2.49. The summed E-state index contributed by atoms with van der Waals surface area (Å²) in [6, 6.07) is 8.63. The Morgan fingerprint density at radius 2 is 1.73 bits per heavy atom. The van der Waals surface area contributed by atoms with Gasteiger partial charge in [-0.2, -0.15) is 13.2 Å². The Hall–Kier alpha value is -2.73. The summed E-state index contributed by atoms with van der Waals surface area (Å²) in [5.41, 5.74) is 1.53. The van der Waals surface area contributed by atoms with Crippen LogP contribution in [0, 0.1) is 0 Å². The van der Waals surface area contributed by atoms with Gasteiger partial charge in [0, 0.05) is 31.1 Å². The zero-order valence-electron chi connectivity index (χ0n) is 20.5. The number of hydrogen-bond donors (Lipinski definition) is 0. The first-order chi connectivity index (χ1) is 17.5. The zero-order valence-corrected chi connectivity index (χ0v) is 22.1. The maximum Gasteiger partial charge on any atom is 0.393 e. The average Bonchev–Trinajstić information content (AvgIpc) is 3.25. The van der Waals surface area contributed by atoms with Gasteiger partial charge in [0.05, 0.1) is 29.7 Å². The fourth-order valence-electron chi connectivity index (χ4n) is 4.33. The Kier molecular flexibility index (Phi) is 8.37. The number of sulfone groups is 1. The predicted molar refractivity (Wildman–Crippen MR) is 139 cm³/mol. The summed E-state index contributed by atoms with van der Waals surface area (Å²) in [4.78, 5) is 25.8. The summed E-state index contributed by atoms with van der Waals surface area (Å²) in [7, 11) is -3.14. The summed E-state index contributed by atoms with van der Waals surface area (Å²) in [6.07, 6.45) is -2.22. The minimum atomic E-state index is -4.28. The number of carbonyl (C=O) groups is 1. The average molecular weight is 555 g/mol. The van der Waals surface area contributed by atoms with Crippen molar-refractivity contribution >= 4 is 43.1 Å². The van der Waals surface area contributed by atoms with Crippen LogP contribution in [0.3, 0.4) is 0 Å². The van der Waals surface area contributed by atoms with Crippen molar-refractivity contribution < 1.29 is 26.4 Å². The van der Waals surface area contributed by atoms with E-state index in [1.54, 1.807) is 29.2 Å². The predicted octanol–water partition coefficient (Wildman–Crippen LogP) is 4.40. The number of hydrogen-bond acceptors (Lipinski definition) is 7. The molecular formula is C25H29F3N4O3S2. The second-order valence-corrected chi connectivity index (χ2v) is 12.5. The Bertz CT molecular complexity index is 1330. The number of carbonyl (C=O) groups excluding carboxylic acids is 1. The van der Waals surface area contributed by atoms with Gasteiger partial charge >= 0.3 is 6.18 Å². The highest BCUT2D eigenvalue weighted by Gasteiger charge is 2.30. The van der Waals surface area contributed by atoms with E-state index >= 15 is 0 Å². The Balaban J connectivity index is 1.33. The SMILES string of the molecule is CCCCS(=O)(=O)Cc1ccc(CC(=O)N2CCN(c3ncnc4sc(CC(F)(F)F)cc34)CC2)cc1. The maximum atomic E-state index is 12.9. The van der Waals surface area contributed by atoms with E-state index in [9.17, 15) is 26.4 Å². The summed E-state index contributed by atoms with van der Waals surface area (Å²) in [5, 5.41) is 0.600. The topological polar surface area (TPSA) is 83.5 Å². The van der Waals surface area contributed by atoms with Crippen LogP contribution >= 0.6 is 11.3 Å². The Labute approximate surface area is 218 Å². The first-order valence-corrected chi connectivity index (χ1v) is 14.8. The molecule has 4 rings (SSSR count). The zero-order chi connectivity index (χ0) is 26.6. The monoisotopic (exact) mass is 554 g/mol. The van der Waals surface area contributed by atoms with Gasteiger partial charge in [0.25, 0.3) is 0 Å². The number of unbranched alkanes of at least 4 members (excludes halogenated alkanes) is 1. The lowest BCUT2D eigenvalue weighted by atomic mass is 10.1. The largest absolute Gasteiger partial charge is 0.393 e. The van der Waals surface area contributed by atoms with E-state index in [-0.39, 0.29) is 28.7 Å². The van der Waals surface area contributed by atoms with Crippen molar-refractivity contribution in [1.82, 2.24) is 14.9 Å². The summed E-state index contributed by atoms with van der Waals surface area (Å²) in [6.45, 7) is 3.92. The first kappa shape index (κ1) is 27.3. The smallest absolute Gasteiger partial charge is 0.352 e. The molecule has 0 bridgehead atoms. The molecule has 7 nitrogen and oxygen atoms in total. The summed E-state index contributed by atoms with van der Waals surface area (Å²) in [5.74, 6) is 0.740. The molecule has 0 atom stereocenters. The van der Waals surface area contributed by atoms with Gasteiger partial charge in [-0.05, 0) is 23.6 Å². The molecule has 0 radical (unpaired) electrons. The van der Waals surface area contributed by atoms with Gasteiger partial charge in [-0.3, -0.25) is 4.79 Å². The molecule has 0 spiro atoms. The fourth-order valence-corrected chi connectivity index (χ4v) is 6.92. The first-order valence-electron chi connectivity index (χ1n) is 12.1. The minimum absolute atomic E-state index is 0.00131. The number of aromatic nitrogens is 2. The highest BCUT2D eigenvalue weighted by Crippen LogP contribution is 2.34. The molecule has 0 unspecified atom stereocenters. The molecule has 1 fully saturated rings. The minimum Gasteiger partial charge on any atom is -0.352 e. The standard InChI is InChI=1S/C25H29F3N4O3S2/c1-2-3-12-37(34,35)16-19-6-4-18(5-7-19)13-22(33)31-8-10-32(11-9-31)23-21-14-20(15-25(26,27)28)36-24(21)30-17-29-23/h4-7,14,17H,2-3,8-13,15-16H2,1H3. The number of rotatable bonds is 9. The quantitative estimate of drug-likeness (QED) is 0.390. The lowest BCUT2D eigenvalue weighted by Gasteiger charge is -2.35. The third kappa shape index (κ3) is 7.41. The van der Waals surface area contributed by atoms with E-state index in [1.165, 1.54) is 12.4 Å². The summed E-state index contributed by atoms with van der Waals surface area (Å²) >= 11 is 1.02. The third-order valence-electron chi connectivity index (χ3n) is 6.24. The highest BCUT2D eigenvalue weighted by atomic mass is 32.2. The molecule has 1 aliphatic heterocycles. The molecule has 200 valence electrons. The van der Waals surface area contributed by atoms with E-state index in [1.807, 2.05) is 11.8 Å². The molecule has 2 aromatic heterocycles. The lowest BCUT2D eigenvalue weighted by molar-refractivity contribution is -0.130. The van der Waals surface area contributed by atoms with Crippen LogP contribution in [0.2, 0.25) is 0 Å². The van der Waals surface area contributed by atoms with Gasteiger partial charge in [0.2, 0.25) is 5.91 Å². The van der Waals surface area contributed by atoms with Gasteiger partial charge in [0.15, 0.2) is 9.84 Å². The number of anilines is 1. The molecular weight excluding hydrogens is 525 g/mol. The van der Waals surface area contributed by atoms with Gasteiger partial charge in [-0.15, -0.1) is 11.3 Å². The van der Waals surface area contributed by atoms with Gasteiger partial charge in [0.1, 0.15) is 17.0 Å². The molecule has 1 aromatic carbocycles. The van der Waals surface area contributed by atoms with Crippen LogP contribution in [0.5, 0.6) is 0 Å². The normalized spacial score (nSPS) is 14.9. The Morgan fingerprint density at radius 1 is 1.05 bits per heavy atom. The van der Waals surface area contributed by atoms with Gasteiger partial charge in [-0.1, -0.05) is 37.6 Å². The van der Waals surface area contributed by atoms with Crippen molar-refractivity contribution in [2.75, 3.05) is 36.8 Å². The second-order valence-electron chi connectivity index (χ2n) is 9.23. The number of thiophene rings is 1. The van der Waals surface area contributed by atoms with E-state index in [2.05, 4.69) is 9.97 Å². The van der Waals surface area contributed by atoms with Crippen molar-refractivity contribution in [3.8, 4) is 0 Å². The number of benzene rings is 1. The molecule has 0 N–H and O–H groups in total. The maximum absolute atomic E-state index is 12.9. The van der Waals surface area contributed by atoms with Crippen LogP contribution in [0.1, 0.15) is 35.8 Å². The molecule has 37 heavy (non-hydrogen) atoms. The van der Waals surface area contributed by atoms with Crippen LogP contribution in [-0.4, -0.2) is 67.3 Å². The van der Waals surface area contributed by atoms with Crippen molar-refractivity contribution in [2.45, 2.75) is 44.5 Å². The highest BCUT2D eigenvalue weighted by molar-refractivity contribution is 7.90. The van der Waals surface area contributed by atoms with E-state index in [4.69, 9.17) is 0 Å². The van der Waals surface area contributed by atoms with Crippen LogP contribution in [0.4, 0.5) is 19.0 Å². The summed E-state index contributed by atoms with van der Waals surface area (Å²) < 4.78 is 62.8. The van der Waals surface area contributed by atoms with E-state index in [0.717, 1.165) is 23.3 Å². The number of piperazine rings is 1. The molecule has 0 saturated carbocycles. The van der Waals surface area contributed by atoms with E-state index in [0.29, 0.717) is 54.2 Å². The van der Waals surface area contributed by atoms with Crippen LogP contribution in [0.25, 0.3) is 10.2 Å².